The molecule has 0 aliphatic carbocycles. The molecule has 0 radical (unpaired) electrons. The van der Waals surface area contributed by atoms with Crippen molar-refractivity contribution in [2.24, 2.45) is 0 Å². The zero-order chi connectivity index (χ0) is 29.6. The fraction of sp³-hybridized carbons (Fsp3) is 0. The molecule has 6 aromatic carbocycles. The number of benzene rings is 6. The fourth-order valence-electron chi connectivity index (χ4n) is 4.45. The minimum absolute atomic E-state index is 0.688. The number of ether oxygens (including phenoxy) is 3. The summed E-state index contributed by atoms with van der Waals surface area (Å²) in [4.78, 5) is 2.15. The van der Waals surface area contributed by atoms with E-state index in [0.717, 1.165) is 17.1 Å². The molecule has 7 nitrogen and oxygen atoms in total. The van der Waals surface area contributed by atoms with E-state index in [9.17, 15) is 0 Å². The van der Waals surface area contributed by atoms with E-state index >= 15 is 0 Å². The summed E-state index contributed by atoms with van der Waals surface area (Å²) in [6, 6.07) is 45.7. The van der Waals surface area contributed by atoms with Crippen LogP contribution < -0.4 is 36.3 Å². The summed E-state index contributed by atoms with van der Waals surface area (Å²) in [5.41, 5.74) is 22.3. The first-order valence-corrected chi connectivity index (χ1v) is 13.7. The quantitative estimate of drug-likeness (QED) is 0.150. The van der Waals surface area contributed by atoms with Crippen molar-refractivity contribution in [3.8, 4) is 34.5 Å². The molecule has 43 heavy (non-hydrogen) atoms. The van der Waals surface area contributed by atoms with Gasteiger partial charge in [0.05, 0.1) is 0 Å². The van der Waals surface area contributed by atoms with Crippen LogP contribution >= 0.6 is 0 Å². The van der Waals surface area contributed by atoms with Crippen LogP contribution in [0.2, 0.25) is 0 Å². The third-order valence-corrected chi connectivity index (χ3v) is 6.63. The lowest BCUT2D eigenvalue weighted by Crippen LogP contribution is -2.09. The molecule has 0 saturated heterocycles. The Morgan fingerprint density at radius 3 is 0.674 bits per heavy atom. The van der Waals surface area contributed by atoms with E-state index in [1.165, 1.54) is 0 Å². The molecular formula is C36H30N4O3. The van der Waals surface area contributed by atoms with Crippen LogP contribution in [0.25, 0.3) is 0 Å². The highest BCUT2D eigenvalue weighted by Crippen LogP contribution is 2.38. The zero-order valence-corrected chi connectivity index (χ0v) is 23.3. The summed E-state index contributed by atoms with van der Waals surface area (Å²) in [5.74, 6) is 4.29. The van der Waals surface area contributed by atoms with Crippen molar-refractivity contribution in [2.45, 2.75) is 0 Å². The predicted octanol–water partition coefficient (Wildman–Crippen LogP) is 9.28. The lowest BCUT2D eigenvalue weighted by atomic mass is 10.1. The summed E-state index contributed by atoms with van der Waals surface area (Å²) in [6.07, 6.45) is 0. The van der Waals surface area contributed by atoms with Crippen LogP contribution in [0.5, 0.6) is 34.5 Å². The van der Waals surface area contributed by atoms with Gasteiger partial charge in [0.1, 0.15) is 34.5 Å². The number of rotatable bonds is 9. The van der Waals surface area contributed by atoms with Crippen molar-refractivity contribution < 1.29 is 14.2 Å². The zero-order valence-electron chi connectivity index (χ0n) is 23.3. The molecule has 6 aromatic rings. The summed E-state index contributed by atoms with van der Waals surface area (Å²) >= 11 is 0. The van der Waals surface area contributed by atoms with Crippen molar-refractivity contribution in [1.29, 1.82) is 0 Å². The van der Waals surface area contributed by atoms with Gasteiger partial charge in [-0.1, -0.05) is 0 Å². The second kappa shape index (κ2) is 12.2. The van der Waals surface area contributed by atoms with Crippen molar-refractivity contribution in [2.75, 3.05) is 22.1 Å². The van der Waals surface area contributed by atoms with Crippen molar-refractivity contribution in [3.63, 3.8) is 0 Å². The van der Waals surface area contributed by atoms with Crippen LogP contribution in [0.1, 0.15) is 0 Å². The minimum Gasteiger partial charge on any atom is -0.457 e. The van der Waals surface area contributed by atoms with Crippen LogP contribution in [0.15, 0.2) is 146 Å². The molecule has 0 saturated carbocycles. The van der Waals surface area contributed by atoms with Crippen LogP contribution in [0.3, 0.4) is 0 Å². The van der Waals surface area contributed by atoms with Gasteiger partial charge in [0.2, 0.25) is 0 Å². The third kappa shape index (κ3) is 6.81. The van der Waals surface area contributed by atoms with Gasteiger partial charge in [-0.2, -0.15) is 0 Å². The summed E-state index contributed by atoms with van der Waals surface area (Å²) in [6.45, 7) is 0. The maximum absolute atomic E-state index is 6.02. The second-order valence-corrected chi connectivity index (χ2v) is 9.83. The molecule has 6 rings (SSSR count). The number of hydrogen-bond donors (Lipinski definition) is 3. The Morgan fingerprint density at radius 2 is 0.465 bits per heavy atom. The van der Waals surface area contributed by atoms with Crippen LogP contribution in [0.4, 0.5) is 34.1 Å². The summed E-state index contributed by atoms with van der Waals surface area (Å²) in [7, 11) is 0. The molecular weight excluding hydrogens is 536 g/mol. The van der Waals surface area contributed by atoms with Crippen molar-refractivity contribution in [3.05, 3.63) is 146 Å². The van der Waals surface area contributed by atoms with Gasteiger partial charge in [0.15, 0.2) is 0 Å². The molecule has 6 N–H and O–H groups in total. The minimum atomic E-state index is 0.688. The number of nitrogens with zero attached hydrogens (tertiary/aromatic N) is 1. The SMILES string of the molecule is Nc1ccc(Oc2ccc(N(c3ccc(Oc4ccc(N)cc4)cc3)c3ccc(Oc4ccc(N)cc4)cc3)cc2)cc1. The predicted molar refractivity (Wildman–Crippen MR) is 174 cm³/mol. The van der Waals surface area contributed by atoms with E-state index in [4.69, 9.17) is 31.4 Å². The van der Waals surface area contributed by atoms with E-state index in [1.807, 2.05) is 146 Å². The normalized spacial score (nSPS) is 10.6. The average molecular weight is 567 g/mol. The molecule has 0 atom stereocenters. The summed E-state index contributed by atoms with van der Waals surface area (Å²) < 4.78 is 18.0. The van der Waals surface area contributed by atoms with Crippen molar-refractivity contribution in [1.82, 2.24) is 0 Å². The maximum atomic E-state index is 6.02. The van der Waals surface area contributed by atoms with E-state index < -0.39 is 0 Å². The highest BCUT2D eigenvalue weighted by molar-refractivity contribution is 5.77. The van der Waals surface area contributed by atoms with E-state index in [1.54, 1.807) is 0 Å². The Kier molecular flexibility index (Phi) is 7.69. The van der Waals surface area contributed by atoms with E-state index in [0.29, 0.717) is 51.6 Å². The van der Waals surface area contributed by atoms with Crippen LogP contribution in [-0.2, 0) is 0 Å². The first kappa shape index (κ1) is 27.1. The largest absolute Gasteiger partial charge is 0.457 e. The first-order valence-electron chi connectivity index (χ1n) is 13.7. The lowest BCUT2D eigenvalue weighted by Gasteiger charge is -2.26. The number of anilines is 6. The van der Waals surface area contributed by atoms with Crippen molar-refractivity contribution >= 4 is 34.1 Å². The highest BCUT2D eigenvalue weighted by atomic mass is 16.5. The Labute approximate surface area is 250 Å². The van der Waals surface area contributed by atoms with Crippen LogP contribution in [0, 0.1) is 0 Å². The van der Waals surface area contributed by atoms with Gasteiger partial charge in [-0.15, -0.1) is 0 Å². The topological polar surface area (TPSA) is 109 Å². The van der Waals surface area contributed by atoms with Gasteiger partial charge in [0, 0.05) is 34.1 Å². The van der Waals surface area contributed by atoms with Gasteiger partial charge in [-0.05, 0) is 146 Å². The molecule has 7 heteroatoms. The van der Waals surface area contributed by atoms with E-state index in [-0.39, 0.29) is 0 Å². The molecule has 0 heterocycles. The van der Waals surface area contributed by atoms with E-state index in [2.05, 4.69) is 4.90 Å². The Morgan fingerprint density at radius 1 is 0.279 bits per heavy atom. The van der Waals surface area contributed by atoms with Gasteiger partial charge < -0.3 is 36.3 Å². The Balaban J connectivity index is 1.27. The standard InChI is InChI=1S/C36H30N4O3/c37-25-1-13-31(14-2-25)41-34-19-7-28(8-20-34)40(29-9-21-35(22-10-29)42-32-15-3-26(38)4-16-32)30-11-23-36(24-12-30)43-33-17-5-27(39)6-18-33/h1-24H,37-39H2. The van der Waals surface area contributed by atoms with Gasteiger partial charge in [0.25, 0.3) is 0 Å². The second-order valence-electron chi connectivity index (χ2n) is 9.83. The number of nitrogens with two attached hydrogens (primary N) is 3. The smallest absolute Gasteiger partial charge is 0.127 e. The van der Waals surface area contributed by atoms with Crippen LogP contribution in [-0.4, -0.2) is 0 Å². The summed E-state index contributed by atoms with van der Waals surface area (Å²) in [5, 5.41) is 0. The van der Waals surface area contributed by atoms with Gasteiger partial charge in [-0.25, -0.2) is 0 Å². The number of hydrogen-bond acceptors (Lipinski definition) is 7. The van der Waals surface area contributed by atoms with Gasteiger partial charge >= 0.3 is 0 Å². The fourth-order valence-corrected chi connectivity index (χ4v) is 4.45. The monoisotopic (exact) mass is 566 g/mol. The van der Waals surface area contributed by atoms with Gasteiger partial charge in [-0.3, -0.25) is 0 Å². The molecule has 0 fully saturated rings. The molecule has 0 aliphatic heterocycles. The molecule has 0 spiro atoms. The third-order valence-electron chi connectivity index (χ3n) is 6.63. The highest BCUT2D eigenvalue weighted by Gasteiger charge is 2.14. The molecule has 0 amide bonds. The molecule has 0 unspecified atom stereocenters. The lowest BCUT2D eigenvalue weighted by molar-refractivity contribution is 0.482. The molecule has 212 valence electrons. The molecule has 0 bridgehead atoms. The molecule has 0 aliphatic rings. The Hall–Kier alpha value is -6.08. The molecule has 0 aromatic heterocycles. The average Bonchev–Trinajstić information content (AvgIpc) is 3.03. The maximum Gasteiger partial charge on any atom is 0.127 e. The Bertz CT molecular complexity index is 1550. The first-order chi connectivity index (χ1) is 21.0. The number of nitrogen functional groups attached to an aromatic ring is 3.